The smallest absolute Gasteiger partial charge is 0.239 e. The molecular weight excluding hydrogens is 472 g/mol. The Labute approximate surface area is 188 Å². The normalized spacial score (nSPS) is 14.3. The van der Waals surface area contributed by atoms with E-state index in [-0.39, 0.29) is 0 Å². The first-order chi connectivity index (χ1) is 14.2. The van der Waals surface area contributed by atoms with Crippen molar-refractivity contribution in [2.75, 3.05) is 11.8 Å². The molecule has 1 aromatic heterocycles. The van der Waals surface area contributed by atoms with Gasteiger partial charge in [-0.15, -0.1) is 10.2 Å². The van der Waals surface area contributed by atoms with Gasteiger partial charge in [0, 0.05) is 21.2 Å². The average molecular weight is 494 g/mol. The van der Waals surface area contributed by atoms with E-state index in [1.54, 1.807) is 19.1 Å². The number of halogens is 2. The van der Waals surface area contributed by atoms with Crippen molar-refractivity contribution < 1.29 is 4.74 Å². The van der Waals surface area contributed by atoms with Gasteiger partial charge in [-0.2, -0.15) is 0 Å². The minimum Gasteiger partial charge on any atom is -0.495 e. The second kappa shape index (κ2) is 9.41. The number of hydrogen-bond donors (Lipinski definition) is 1. The van der Waals surface area contributed by atoms with E-state index >= 15 is 0 Å². The third-order valence-corrected chi connectivity index (χ3v) is 6.81. The van der Waals surface area contributed by atoms with Gasteiger partial charge in [-0.05, 0) is 70.5 Å². The van der Waals surface area contributed by atoms with E-state index in [1.807, 2.05) is 42.5 Å². The van der Waals surface area contributed by atoms with Crippen molar-refractivity contribution in [3.63, 3.8) is 0 Å². The molecule has 0 amide bonds. The summed E-state index contributed by atoms with van der Waals surface area (Å²) in [5, 5.41) is 9.80. The van der Waals surface area contributed by atoms with Crippen LogP contribution in [0.3, 0.4) is 0 Å². The van der Waals surface area contributed by atoms with E-state index in [2.05, 4.69) is 35.4 Å². The zero-order valence-corrected chi connectivity index (χ0v) is 19.2. The number of para-hydroxylation sites is 1. The van der Waals surface area contributed by atoms with Crippen LogP contribution >= 0.6 is 39.5 Å². The third-order valence-electron chi connectivity index (χ3n) is 5.12. The number of benzene rings is 2. The van der Waals surface area contributed by atoms with Crippen molar-refractivity contribution in [2.45, 2.75) is 37.4 Å². The monoisotopic (exact) mass is 492 g/mol. The minimum atomic E-state index is 0.413. The molecule has 1 heterocycles. The first-order valence-electron chi connectivity index (χ1n) is 9.58. The Kier molecular flexibility index (Phi) is 6.67. The van der Waals surface area contributed by atoms with Gasteiger partial charge in [-0.25, -0.2) is 0 Å². The van der Waals surface area contributed by atoms with Crippen LogP contribution in [0.2, 0.25) is 5.02 Å². The second-order valence-electron chi connectivity index (χ2n) is 7.01. The van der Waals surface area contributed by atoms with E-state index < -0.39 is 0 Å². The maximum Gasteiger partial charge on any atom is 0.239 e. The first-order valence-corrected chi connectivity index (χ1v) is 11.7. The van der Waals surface area contributed by atoms with Crippen LogP contribution in [0.1, 0.15) is 43.0 Å². The van der Waals surface area contributed by atoms with Gasteiger partial charge >= 0.3 is 0 Å². The molecule has 1 saturated carbocycles. The third kappa shape index (κ3) is 4.57. The topological polar surface area (TPSA) is 52.0 Å². The van der Waals surface area contributed by atoms with Gasteiger partial charge in [0.25, 0.3) is 0 Å². The van der Waals surface area contributed by atoms with E-state index in [0.717, 1.165) is 45.4 Å². The van der Waals surface area contributed by atoms with Crippen molar-refractivity contribution in [2.24, 2.45) is 0 Å². The van der Waals surface area contributed by atoms with Crippen molar-refractivity contribution in [1.29, 1.82) is 0 Å². The highest BCUT2D eigenvalue weighted by atomic mass is 79.9. The molecule has 8 heteroatoms. The van der Waals surface area contributed by atoms with Gasteiger partial charge in [0.1, 0.15) is 17.3 Å². The number of anilines is 1. The van der Waals surface area contributed by atoms with Gasteiger partial charge in [0.15, 0.2) is 0 Å². The molecule has 1 N–H and O–H groups in total. The lowest BCUT2D eigenvalue weighted by Crippen LogP contribution is -2.09. The van der Waals surface area contributed by atoms with E-state index in [4.69, 9.17) is 16.3 Å². The molecule has 1 aliphatic carbocycles. The zero-order chi connectivity index (χ0) is 20.2. The Hall–Kier alpha value is -1.70. The van der Waals surface area contributed by atoms with Gasteiger partial charge < -0.3 is 4.74 Å². The van der Waals surface area contributed by atoms with Crippen molar-refractivity contribution in [3.8, 4) is 11.4 Å². The van der Waals surface area contributed by atoms with Crippen LogP contribution in [0.15, 0.2) is 46.9 Å². The predicted octanol–water partition coefficient (Wildman–Crippen LogP) is 6.61. The molecule has 0 aliphatic heterocycles. The summed E-state index contributed by atoms with van der Waals surface area (Å²) in [5.74, 6) is 3.68. The molecule has 0 unspecified atom stereocenters. The molecule has 5 nitrogen and oxygen atoms in total. The largest absolute Gasteiger partial charge is 0.495 e. The molecule has 0 radical (unpaired) electrons. The number of nitrogens with one attached hydrogen (secondary N) is 1. The molecule has 0 atom stereocenters. The maximum absolute atomic E-state index is 5.98. The van der Waals surface area contributed by atoms with Crippen LogP contribution in [0.4, 0.5) is 5.95 Å². The second-order valence-corrected chi connectivity index (χ2v) is 9.08. The molecule has 29 heavy (non-hydrogen) atoms. The van der Waals surface area contributed by atoms with Crippen LogP contribution in [0.5, 0.6) is 5.75 Å². The molecule has 1 fully saturated rings. The number of hydrogen-bond acceptors (Lipinski definition) is 5. The Morgan fingerprint density at radius 2 is 1.93 bits per heavy atom. The lowest BCUT2D eigenvalue weighted by atomic mass is 10.1. The summed E-state index contributed by atoms with van der Waals surface area (Å²) in [4.78, 5) is 0. The number of aromatic nitrogens is 3. The first kappa shape index (κ1) is 20.6. The molecule has 0 spiro atoms. The lowest BCUT2D eigenvalue weighted by Gasteiger charge is -2.18. The van der Waals surface area contributed by atoms with Crippen molar-refractivity contribution in [1.82, 2.24) is 14.8 Å². The quantitative estimate of drug-likeness (QED) is 0.375. The summed E-state index contributed by atoms with van der Waals surface area (Å²) in [6.45, 7) is 0. The van der Waals surface area contributed by atoms with E-state index in [9.17, 15) is 0 Å². The lowest BCUT2D eigenvalue weighted by molar-refractivity contribution is 0.412. The highest BCUT2D eigenvalue weighted by Crippen LogP contribution is 2.40. The van der Waals surface area contributed by atoms with Crippen molar-refractivity contribution in [3.05, 3.63) is 63.3 Å². The fraction of sp³-hybridized carbons (Fsp3) is 0.333. The number of methoxy groups -OCH3 is 1. The average Bonchev–Trinajstić information content (AvgIpc) is 3.39. The van der Waals surface area contributed by atoms with E-state index in [0.29, 0.717) is 11.9 Å². The summed E-state index contributed by atoms with van der Waals surface area (Å²) in [7, 11) is 1.69. The number of ether oxygens (including phenoxy) is 1. The predicted molar refractivity (Wildman–Crippen MR) is 123 cm³/mol. The molecule has 1 aliphatic rings. The van der Waals surface area contributed by atoms with Gasteiger partial charge in [-0.3, -0.25) is 9.29 Å². The molecule has 3 aromatic rings. The Bertz CT molecular complexity index is 973. The molecule has 0 saturated heterocycles. The number of nitrogens with zero attached hydrogens (tertiary/aromatic N) is 3. The fourth-order valence-corrected chi connectivity index (χ4v) is 5.02. The summed E-state index contributed by atoms with van der Waals surface area (Å²) < 4.78 is 12.1. The minimum absolute atomic E-state index is 0.413. The van der Waals surface area contributed by atoms with E-state index in [1.165, 1.54) is 18.4 Å². The SMILES string of the molecule is COc1cccc(Br)c1-n1c(NSCc2ccc(Cl)cc2)nnc1C1CCCC1. The van der Waals surface area contributed by atoms with Gasteiger partial charge in [0.05, 0.1) is 7.11 Å². The van der Waals surface area contributed by atoms with Crippen LogP contribution in [-0.2, 0) is 5.75 Å². The molecule has 2 aromatic carbocycles. The molecule has 0 bridgehead atoms. The van der Waals surface area contributed by atoms with Crippen LogP contribution < -0.4 is 9.46 Å². The molecular formula is C21H22BrClN4OS. The Balaban J connectivity index is 1.64. The summed E-state index contributed by atoms with van der Waals surface area (Å²) in [6.07, 6.45) is 4.75. The van der Waals surface area contributed by atoms with Crippen LogP contribution in [0, 0.1) is 0 Å². The summed E-state index contributed by atoms with van der Waals surface area (Å²) >= 11 is 11.2. The summed E-state index contributed by atoms with van der Waals surface area (Å²) in [5.41, 5.74) is 2.11. The zero-order valence-electron chi connectivity index (χ0n) is 16.1. The Morgan fingerprint density at radius 3 is 2.66 bits per heavy atom. The number of rotatable bonds is 7. The van der Waals surface area contributed by atoms with Crippen LogP contribution in [-0.4, -0.2) is 21.9 Å². The van der Waals surface area contributed by atoms with Gasteiger partial charge in [-0.1, -0.05) is 42.6 Å². The van der Waals surface area contributed by atoms with Gasteiger partial charge in [0.2, 0.25) is 5.95 Å². The standard InChI is InChI=1S/C21H22BrClN4OS/c1-28-18-8-4-7-17(22)19(18)27-20(15-5-2-3-6-15)24-25-21(27)26-29-13-14-9-11-16(23)12-10-14/h4,7-12,15H,2-3,5-6,13H2,1H3,(H,25,26). The molecule has 4 rings (SSSR count). The van der Waals surface area contributed by atoms with Crippen LogP contribution in [0.25, 0.3) is 5.69 Å². The van der Waals surface area contributed by atoms with Crippen molar-refractivity contribution >= 4 is 45.4 Å². The highest BCUT2D eigenvalue weighted by Gasteiger charge is 2.27. The fourth-order valence-electron chi connectivity index (χ4n) is 3.67. The highest BCUT2D eigenvalue weighted by molar-refractivity contribution is 9.10. The summed E-state index contributed by atoms with van der Waals surface area (Å²) in [6, 6.07) is 13.8. The molecule has 152 valence electrons. The Morgan fingerprint density at radius 1 is 1.17 bits per heavy atom. The maximum atomic E-state index is 5.98.